The topological polar surface area (TPSA) is 50.4 Å². The van der Waals surface area contributed by atoms with Crippen LogP contribution in [0.4, 0.5) is 10.5 Å². The Morgan fingerprint density at radius 2 is 2.05 bits per heavy atom. The smallest absolute Gasteiger partial charge is 0.407 e. The predicted octanol–water partition coefficient (Wildman–Crippen LogP) is 4.43. The van der Waals surface area contributed by atoms with Crippen LogP contribution >= 0.6 is 27.5 Å². The van der Waals surface area contributed by atoms with Crippen LogP contribution in [-0.4, -0.2) is 24.8 Å². The van der Waals surface area contributed by atoms with E-state index in [4.69, 9.17) is 16.3 Å². The van der Waals surface area contributed by atoms with Gasteiger partial charge in [-0.3, -0.25) is 0 Å². The van der Waals surface area contributed by atoms with Crippen LogP contribution in [0.1, 0.15) is 27.2 Å². The number of nitrogens with one attached hydrogen (secondary N) is 2. The Labute approximate surface area is 133 Å². The minimum Gasteiger partial charge on any atom is -0.444 e. The maximum Gasteiger partial charge on any atom is 0.407 e. The predicted molar refractivity (Wildman–Crippen MR) is 86.5 cm³/mol. The second kappa shape index (κ2) is 7.74. The van der Waals surface area contributed by atoms with E-state index < -0.39 is 5.60 Å². The molecule has 1 rings (SSSR count). The van der Waals surface area contributed by atoms with Crippen LogP contribution in [0.15, 0.2) is 22.7 Å². The standard InChI is InChI=1S/C14H20BrClN2O2/c1-14(2,3)20-13(19)18-8-4-7-17-12-9-10(16)5-6-11(12)15/h5-6,9,17H,4,7-8H2,1-3H3,(H,18,19). The molecule has 1 amide bonds. The van der Waals surface area contributed by atoms with Gasteiger partial charge in [-0.2, -0.15) is 0 Å². The van der Waals surface area contributed by atoms with Crippen molar-refractivity contribution in [3.05, 3.63) is 27.7 Å². The molecule has 0 saturated carbocycles. The Bertz CT molecular complexity index is 461. The largest absolute Gasteiger partial charge is 0.444 e. The third-order valence-electron chi connectivity index (χ3n) is 2.27. The van der Waals surface area contributed by atoms with Crippen molar-refractivity contribution in [2.45, 2.75) is 32.8 Å². The van der Waals surface area contributed by atoms with Crippen molar-refractivity contribution in [2.24, 2.45) is 0 Å². The van der Waals surface area contributed by atoms with E-state index in [2.05, 4.69) is 26.6 Å². The summed E-state index contributed by atoms with van der Waals surface area (Å²) in [6, 6.07) is 5.57. The second-order valence-electron chi connectivity index (χ2n) is 5.33. The lowest BCUT2D eigenvalue weighted by Gasteiger charge is -2.19. The van der Waals surface area contributed by atoms with Crippen molar-refractivity contribution in [1.29, 1.82) is 0 Å². The highest BCUT2D eigenvalue weighted by atomic mass is 79.9. The van der Waals surface area contributed by atoms with Crippen molar-refractivity contribution in [3.63, 3.8) is 0 Å². The van der Waals surface area contributed by atoms with E-state index in [1.165, 1.54) is 0 Å². The lowest BCUT2D eigenvalue weighted by Crippen LogP contribution is -2.33. The molecule has 0 bridgehead atoms. The number of amides is 1. The molecule has 0 spiro atoms. The highest BCUT2D eigenvalue weighted by Gasteiger charge is 2.15. The molecule has 0 radical (unpaired) electrons. The van der Waals surface area contributed by atoms with Gasteiger partial charge in [0.25, 0.3) is 0 Å². The van der Waals surface area contributed by atoms with Crippen molar-refractivity contribution in [1.82, 2.24) is 5.32 Å². The van der Waals surface area contributed by atoms with Gasteiger partial charge in [0.1, 0.15) is 5.60 Å². The number of alkyl carbamates (subject to hydrolysis) is 1. The van der Waals surface area contributed by atoms with Crippen molar-refractivity contribution in [2.75, 3.05) is 18.4 Å². The second-order valence-corrected chi connectivity index (χ2v) is 6.62. The molecular formula is C14H20BrClN2O2. The Morgan fingerprint density at radius 1 is 1.35 bits per heavy atom. The van der Waals surface area contributed by atoms with Gasteiger partial charge in [0, 0.05) is 28.3 Å². The maximum atomic E-state index is 11.4. The Balaban J connectivity index is 2.22. The SMILES string of the molecule is CC(C)(C)OC(=O)NCCCNc1cc(Cl)ccc1Br. The average Bonchev–Trinajstić information content (AvgIpc) is 2.30. The first-order chi connectivity index (χ1) is 9.28. The van der Waals surface area contributed by atoms with Gasteiger partial charge in [-0.25, -0.2) is 4.79 Å². The summed E-state index contributed by atoms with van der Waals surface area (Å²) in [6.07, 6.45) is 0.402. The van der Waals surface area contributed by atoms with Gasteiger partial charge in [0.05, 0.1) is 0 Å². The average molecular weight is 364 g/mol. The quantitative estimate of drug-likeness (QED) is 0.761. The van der Waals surface area contributed by atoms with Crippen LogP contribution in [0.3, 0.4) is 0 Å². The highest BCUT2D eigenvalue weighted by Crippen LogP contribution is 2.25. The molecule has 0 heterocycles. The minimum absolute atomic E-state index is 0.388. The van der Waals surface area contributed by atoms with Crippen molar-refractivity contribution < 1.29 is 9.53 Å². The molecule has 1 aromatic carbocycles. The zero-order valence-electron chi connectivity index (χ0n) is 11.9. The summed E-state index contributed by atoms with van der Waals surface area (Å²) in [4.78, 5) is 11.4. The molecule has 6 heteroatoms. The van der Waals surface area contributed by atoms with E-state index in [-0.39, 0.29) is 6.09 Å². The van der Waals surface area contributed by atoms with Crippen molar-refractivity contribution in [3.8, 4) is 0 Å². The number of benzene rings is 1. The number of hydrogen-bond acceptors (Lipinski definition) is 3. The van der Waals surface area contributed by atoms with Crippen LogP contribution in [-0.2, 0) is 4.74 Å². The molecule has 0 atom stereocenters. The summed E-state index contributed by atoms with van der Waals surface area (Å²) in [5, 5.41) is 6.65. The van der Waals surface area contributed by atoms with E-state index >= 15 is 0 Å². The third-order valence-corrected chi connectivity index (χ3v) is 3.19. The molecule has 4 nitrogen and oxygen atoms in total. The van der Waals surface area contributed by atoms with Gasteiger partial charge < -0.3 is 15.4 Å². The summed E-state index contributed by atoms with van der Waals surface area (Å²) in [6.45, 7) is 6.80. The summed E-state index contributed by atoms with van der Waals surface area (Å²) < 4.78 is 6.10. The Kier molecular flexibility index (Phi) is 6.62. The van der Waals surface area contributed by atoms with Crippen LogP contribution < -0.4 is 10.6 Å². The van der Waals surface area contributed by atoms with Gasteiger partial charge in [0.15, 0.2) is 0 Å². The van der Waals surface area contributed by atoms with Crippen LogP contribution in [0, 0.1) is 0 Å². The van der Waals surface area contributed by atoms with E-state index in [1.54, 1.807) is 0 Å². The van der Waals surface area contributed by atoms with Gasteiger partial charge in [-0.1, -0.05) is 11.6 Å². The number of rotatable bonds is 5. The molecule has 1 aromatic rings. The first kappa shape index (κ1) is 17.1. The maximum absolute atomic E-state index is 11.4. The van der Waals surface area contributed by atoms with E-state index in [0.29, 0.717) is 11.6 Å². The van der Waals surface area contributed by atoms with Crippen LogP contribution in [0.2, 0.25) is 5.02 Å². The molecular weight excluding hydrogens is 344 g/mol. The Hall–Kier alpha value is -0.940. The van der Waals surface area contributed by atoms with E-state index in [1.807, 2.05) is 39.0 Å². The van der Waals surface area contributed by atoms with Crippen LogP contribution in [0.5, 0.6) is 0 Å². The van der Waals surface area contributed by atoms with Gasteiger partial charge >= 0.3 is 6.09 Å². The number of halogens is 2. The molecule has 0 saturated heterocycles. The molecule has 0 aliphatic heterocycles. The molecule has 2 N–H and O–H groups in total. The molecule has 0 aliphatic rings. The van der Waals surface area contributed by atoms with Gasteiger partial charge in [-0.05, 0) is 61.3 Å². The first-order valence-electron chi connectivity index (χ1n) is 6.44. The monoisotopic (exact) mass is 362 g/mol. The normalized spacial score (nSPS) is 11.1. The van der Waals surface area contributed by atoms with E-state index in [0.717, 1.165) is 23.1 Å². The summed E-state index contributed by atoms with van der Waals surface area (Å²) >= 11 is 9.37. The zero-order chi connectivity index (χ0) is 15.2. The first-order valence-corrected chi connectivity index (χ1v) is 7.61. The third kappa shape index (κ3) is 7.01. The fraction of sp³-hybridized carbons (Fsp3) is 0.500. The molecule has 0 aliphatic carbocycles. The number of carbonyl (C=O) groups excluding carboxylic acids is 1. The van der Waals surface area contributed by atoms with Gasteiger partial charge in [-0.15, -0.1) is 0 Å². The zero-order valence-corrected chi connectivity index (χ0v) is 14.3. The van der Waals surface area contributed by atoms with Crippen LogP contribution in [0.25, 0.3) is 0 Å². The number of carbonyl (C=O) groups is 1. The lowest BCUT2D eigenvalue weighted by atomic mass is 10.2. The minimum atomic E-state index is -0.464. The molecule has 0 unspecified atom stereocenters. The highest BCUT2D eigenvalue weighted by molar-refractivity contribution is 9.10. The Morgan fingerprint density at radius 3 is 2.70 bits per heavy atom. The van der Waals surface area contributed by atoms with Gasteiger partial charge in [0.2, 0.25) is 0 Å². The fourth-order valence-electron chi connectivity index (χ4n) is 1.45. The number of anilines is 1. The molecule has 20 heavy (non-hydrogen) atoms. The van der Waals surface area contributed by atoms with Crippen molar-refractivity contribution >= 4 is 39.3 Å². The van der Waals surface area contributed by atoms with E-state index in [9.17, 15) is 4.79 Å². The summed E-state index contributed by atoms with van der Waals surface area (Å²) in [5.74, 6) is 0. The molecule has 0 aromatic heterocycles. The lowest BCUT2D eigenvalue weighted by molar-refractivity contribution is 0.0528. The summed E-state index contributed by atoms with van der Waals surface area (Å²) in [7, 11) is 0. The number of ether oxygens (including phenoxy) is 1. The fourth-order valence-corrected chi connectivity index (χ4v) is 2.01. The summed E-state index contributed by atoms with van der Waals surface area (Å²) in [5.41, 5.74) is 0.475. The molecule has 112 valence electrons. The molecule has 0 fully saturated rings. The number of hydrogen-bond donors (Lipinski definition) is 2.